The van der Waals surface area contributed by atoms with E-state index in [1.165, 1.54) is 26.2 Å². The molecule has 54 heavy (non-hydrogen) atoms. The van der Waals surface area contributed by atoms with Crippen LogP contribution in [0.5, 0.6) is 0 Å². The summed E-state index contributed by atoms with van der Waals surface area (Å²) in [5, 5.41) is 0. The van der Waals surface area contributed by atoms with Gasteiger partial charge in [0, 0.05) is 11.1 Å². The van der Waals surface area contributed by atoms with Crippen LogP contribution in [0.1, 0.15) is 101 Å². The molecule has 11 nitrogen and oxygen atoms in total. The maximum absolute atomic E-state index is 12.0. The number of rotatable bonds is 14. The number of carbonyl (C=O) groups excluding carboxylic acids is 4. The molecule has 0 radical (unpaired) electrons. The second kappa shape index (κ2) is 34.6. The van der Waals surface area contributed by atoms with Crippen molar-refractivity contribution < 1.29 is 78.6 Å². The van der Waals surface area contributed by atoms with Gasteiger partial charge in [0.05, 0.1) is 18.6 Å². The van der Waals surface area contributed by atoms with E-state index in [0.717, 1.165) is 13.0 Å². The molecule has 0 aromatic carbocycles. The molecule has 0 bridgehead atoms. The van der Waals surface area contributed by atoms with Gasteiger partial charge in [-0.3, -0.25) is 9.59 Å². The summed E-state index contributed by atoms with van der Waals surface area (Å²) >= 11 is 0. The summed E-state index contributed by atoms with van der Waals surface area (Å²) in [7, 11) is 1.90. The topological polar surface area (TPSA) is 147 Å². The minimum Gasteiger partial charge on any atom is -0.465 e. The first-order valence-electron chi connectivity index (χ1n) is 16.9. The molecule has 3 fully saturated rings. The molecule has 19 heteroatoms. The maximum Gasteiger partial charge on any atom is 0.293 e. The maximum atomic E-state index is 12.0. The number of halogens is 6. The van der Waals surface area contributed by atoms with Gasteiger partial charge in [0.1, 0.15) is 25.4 Å². The van der Waals surface area contributed by atoms with E-state index in [1.54, 1.807) is 20.8 Å². The van der Waals surface area contributed by atoms with Gasteiger partial charge in [-0.25, -0.2) is 9.59 Å². The zero-order chi connectivity index (χ0) is 42.3. The Morgan fingerprint density at radius 3 is 1.52 bits per heavy atom. The fourth-order valence-electron chi connectivity index (χ4n) is 2.64. The second-order valence-corrected chi connectivity index (χ2v) is 12.0. The number of alkyl halides is 6. The number of epoxide rings is 2. The zero-order valence-corrected chi connectivity index (χ0v) is 33.3. The van der Waals surface area contributed by atoms with Crippen molar-refractivity contribution in [3.05, 3.63) is 24.3 Å². The average Bonchev–Trinajstić information content (AvgIpc) is 3.91. The third kappa shape index (κ3) is 47.2. The number of hydrogen-bond donors (Lipinski definition) is 0. The molecule has 3 unspecified atom stereocenters. The first kappa shape index (κ1) is 60.4. The summed E-state index contributed by atoms with van der Waals surface area (Å²) in [5.74, 6) is -1.83. The Hall–Kier alpha value is -2.85. The third-order valence-electron chi connectivity index (χ3n) is 6.11. The van der Waals surface area contributed by atoms with Crippen molar-refractivity contribution in [1.82, 2.24) is 0 Å². The smallest absolute Gasteiger partial charge is 0.293 e. The Labute approximate surface area is 320 Å². The largest absolute Gasteiger partial charge is 0.465 e. The fraction of sp³-hybridized carbons (Fsp3) is 0.771. The summed E-state index contributed by atoms with van der Waals surface area (Å²) in [5.41, 5.74) is -0.435. The minimum absolute atomic E-state index is 0. The molecule has 5 atom stereocenters. The molecule has 2 heterocycles. The van der Waals surface area contributed by atoms with E-state index in [9.17, 15) is 45.5 Å². The Kier molecular flexibility index (Phi) is 38.7. The monoisotopic (exact) mass is 814 g/mol. The number of ether oxygens (including phenoxy) is 6. The van der Waals surface area contributed by atoms with E-state index in [-0.39, 0.29) is 31.2 Å². The van der Waals surface area contributed by atoms with Crippen molar-refractivity contribution in [1.29, 1.82) is 0 Å². The van der Waals surface area contributed by atoms with Gasteiger partial charge in [0.25, 0.3) is 6.47 Å². The minimum atomic E-state index is -4.47. The Morgan fingerprint density at radius 1 is 0.852 bits per heavy atom. The molecule has 318 valence electrons. The Balaban J connectivity index is -0.000000189. The summed E-state index contributed by atoms with van der Waals surface area (Å²) < 4.78 is 106. The van der Waals surface area contributed by atoms with Gasteiger partial charge in [-0.05, 0) is 39.5 Å². The Bertz CT molecular complexity index is 1050. The number of esters is 3. The van der Waals surface area contributed by atoms with Gasteiger partial charge in [-0.15, -0.1) is 0 Å². The summed E-state index contributed by atoms with van der Waals surface area (Å²) in [4.78, 5) is 42.2. The summed E-state index contributed by atoms with van der Waals surface area (Å²) in [6.45, 7) is 21.2. The van der Waals surface area contributed by atoms with E-state index < -0.39 is 42.9 Å². The van der Waals surface area contributed by atoms with Crippen molar-refractivity contribution in [3.63, 3.8) is 0 Å². The van der Waals surface area contributed by atoms with Crippen LogP contribution in [0.2, 0.25) is 0 Å². The molecule has 0 aromatic heterocycles. The van der Waals surface area contributed by atoms with E-state index in [1.807, 2.05) is 36.8 Å². The van der Waals surface area contributed by atoms with Crippen LogP contribution in [-0.4, -0.2) is 95.5 Å². The quantitative estimate of drug-likeness (QED) is 0.0244. The summed E-state index contributed by atoms with van der Waals surface area (Å²) in [6.07, 6.45) is -2.16. The molecule has 1 aliphatic carbocycles. The van der Waals surface area contributed by atoms with Crippen LogP contribution in [0.15, 0.2) is 24.3 Å². The molecule has 1 saturated carbocycles. The van der Waals surface area contributed by atoms with Crippen LogP contribution in [0.4, 0.5) is 26.3 Å². The molecule has 0 amide bonds. The van der Waals surface area contributed by atoms with Crippen LogP contribution in [0.3, 0.4) is 0 Å². The van der Waals surface area contributed by atoms with Crippen LogP contribution < -0.4 is 0 Å². The van der Waals surface area contributed by atoms with Crippen molar-refractivity contribution in [3.8, 4) is 0 Å². The van der Waals surface area contributed by atoms with Crippen molar-refractivity contribution in [2.24, 2.45) is 11.3 Å². The molecule has 0 N–H and O–H groups in total. The van der Waals surface area contributed by atoms with Gasteiger partial charge in [-0.2, -0.15) is 26.3 Å². The van der Waals surface area contributed by atoms with Crippen molar-refractivity contribution >= 4 is 40.4 Å². The first-order chi connectivity index (χ1) is 24.5. The molecular weight excluding hydrogens is 752 g/mol. The van der Waals surface area contributed by atoms with E-state index in [2.05, 4.69) is 27.4 Å². The fourth-order valence-corrected chi connectivity index (χ4v) is 2.64. The number of hydrogen-bond acceptors (Lipinski definition) is 11. The van der Waals surface area contributed by atoms with E-state index in [4.69, 9.17) is 18.9 Å². The third-order valence-corrected chi connectivity index (χ3v) is 6.11. The molecule has 0 spiro atoms. The van der Waals surface area contributed by atoms with Gasteiger partial charge in [-0.1, -0.05) is 80.9 Å². The van der Waals surface area contributed by atoms with Crippen LogP contribution in [-0.2, 0) is 52.3 Å². The number of carbonyl (C=O) groups is 4. The average molecular weight is 815 g/mol. The van der Waals surface area contributed by atoms with Crippen LogP contribution in [0, 0.1) is 11.3 Å². The molecule has 3 aliphatic rings. The molecule has 0 aromatic rings. The molecule has 2 saturated heterocycles. The SMILES string of the molecule is C.C1CC1.C=C(C)C(=O)OCC(F)(F)F.C=C(C)C(=O)OCC1CO1.CC.CC[C@H](C)C[C@@](C)(CC)C(=O)OCC(F)(F)F.O=BP.O=COCC1CO1. The standard InChI is InChI=1S/C12H21F3O2.C7H10O3.C6H7F3O2.C4H6O3.C3H6.C2H6.CH4.BH2OP/c1-5-9(3)7-11(4,6-2)10(16)17-8-12(13,14)15;1-5(2)7(8)10-4-6-3-9-6;1-4(2)5(10)11-3-6(7,8)9;5-3-6-1-4-2-7-4;1-2-3-1;1-2;;2-1-3/h9H,5-8H2,1-4H3;6H,1,3-4H2,2H3;1,3H2,2H3;3-4H,1-2H2;1-3H2;1-2H3;1H4;3H2/t9-,11+;;;;;;;/m0......./s1. The van der Waals surface area contributed by atoms with Gasteiger partial charge in [0.2, 0.25) is 0 Å². The molecule has 3 rings (SSSR count). The van der Waals surface area contributed by atoms with Gasteiger partial charge < -0.3 is 28.4 Å². The van der Waals surface area contributed by atoms with Crippen molar-refractivity contribution in [2.45, 2.75) is 126 Å². The van der Waals surface area contributed by atoms with Gasteiger partial charge >= 0.3 is 51.0 Å². The van der Waals surface area contributed by atoms with E-state index >= 15 is 0 Å². The molecular formula is C35H62BF6O11P. The predicted octanol–water partition coefficient (Wildman–Crippen LogP) is 8.33. The second-order valence-electron chi connectivity index (χ2n) is 11.7. The first-order valence-corrected chi connectivity index (χ1v) is 17.6. The Morgan fingerprint density at radius 2 is 1.22 bits per heavy atom. The molecule has 2 aliphatic heterocycles. The van der Waals surface area contributed by atoms with Gasteiger partial charge in [0.15, 0.2) is 13.2 Å². The zero-order valence-electron chi connectivity index (χ0n) is 32.1. The van der Waals surface area contributed by atoms with E-state index in [0.29, 0.717) is 57.5 Å². The normalized spacial score (nSPS) is 16.8. The van der Waals surface area contributed by atoms with Crippen molar-refractivity contribution in [2.75, 3.05) is 39.6 Å². The van der Waals surface area contributed by atoms with Crippen LogP contribution in [0.25, 0.3) is 0 Å². The predicted molar refractivity (Wildman–Crippen MR) is 197 cm³/mol. The summed E-state index contributed by atoms with van der Waals surface area (Å²) in [6, 6.07) is 0. The van der Waals surface area contributed by atoms with Crippen LogP contribution >= 0.6 is 9.12 Å².